The van der Waals surface area contributed by atoms with Crippen LogP contribution in [0.4, 0.5) is 11.6 Å². The first kappa shape index (κ1) is 23.7. The Balaban J connectivity index is 1.01. The number of rotatable bonds is 7. The number of hydrogen-bond acceptors (Lipinski definition) is 6. The minimum atomic E-state index is -0.929. The van der Waals surface area contributed by atoms with Gasteiger partial charge < -0.3 is 14.4 Å². The monoisotopic (exact) mass is 521 g/mol. The van der Waals surface area contributed by atoms with Gasteiger partial charge in [0.1, 0.15) is 22.9 Å². The van der Waals surface area contributed by atoms with Crippen LogP contribution in [0.25, 0.3) is 16.7 Å². The number of anilines is 2. The lowest BCUT2D eigenvalue weighted by Gasteiger charge is -2.40. The number of aromatic nitrogens is 4. The highest BCUT2D eigenvalue weighted by Crippen LogP contribution is 2.49. The third-order valence-electron chi connectivity index (χ3n) is 8.62. The van der Waals surface area contributed by atoms with Gasteiger partial charge >= 0.3 is 0 Å². The molecule has 7 rings (SSSR count). The molecule has 2 fully saturated rings. The first-order valence-corrected chi connectivity index (χ1v) is 13.7. The number of hydrogen-bond donors (Lipinski definition) is 0. The summed E-state index contributed by atoms with van der Waals surface area (Å²) in [6.45, 7) is 4.44. The van der Waals surface area contributed by atoms with E-state index in [2.05, 4.69) is 60.3 Å². The van der Waals surface area contributed by atoms with E-state index in [9.17, 15) is 10.1 Å². The van der Waals surface area contributed by atoms with Crippen molar-refractivity contribution >= 4 is 28.3 Å². The molecule has 5 heterocycles. The number of pyridine rings is 2. The number of imidazole rings is 1. The number of benzene rings is 1. The highest BCUT2D eigenvalue weighted by atomic mass is 16.6. The summed E-state index contributed by atoms with van der Waals surface area (Å²) in [4.78, 5) is 26.1. The molecule has 1 aliphatic carbocycles. The second-order valence-electron chi connectivity index (χ2n) is 10.8. The second kappa shape index (κ2) is 9.41. The van der Waals surface area contributed by atoms with Crippen molar-refractivity contribution in [1.29, 1.82) is 0 Å². The molecule has 2 aliphatic rings. The molecule has 39 heavy (non-hydrogen) atoms. The molecule has 0 bridgehead atoms. The van der Waals surface area contributed by atoms with Gasteiger partial charge in [0.2, 0.25) is 5.54 Å². The summed E-state index contributed by atoms with van der Waals surface area (Å²) in [5.74, 6) is 2.51. The standard InChI is InChI=1S/C30H31N7O2/c38-37(39)30(25-5-2-1-3-6-25)21-23(22-30)11-14-35-15-12-24-9-10-27(32-29(24)35)33-17-19-34(20-18-33)28-8-4-7-26-31-13-16-36(26)28/h1-10,12-13,15-16,23H,11,14,17-22H2. The van der Waals surface area contributed by atoms with Crippen molar-refractivity contribution < 1.29 is 4.92 Å². The Bertz CT molecular complexity index is 1630. The molecule has 0 N–H and O–H groups in total. The molecule has 9 nitrogen and oxygen atoms in total. The molecule has 1 aliphatic heterocycles. The molecule has 1 aromatic carbocycles. The van der Waals surface area contributed by atoms with Crippen molar-refractivity contribution in [3.05, 3.63) is 101 Å². The average Bonchev–Trinajstić information content (AvgIpc) is 3.60. The molecule has 5 aromatic rings. The lowest BCUT2D eigenvalue weighted by molar-refractivity contribution is -0.601. The van der Waals surface area contributed by atoms with Gasteiger partial charge in [0.15, 0.2) is 0 Å². The van der Waals surface area contributed by atoms with E-state index >= 15 is 0 Å². The number of piperazine rings is 1. The summed E-state index contributed by atoms with van der Waals surface area (Å²) in [7, 11) is 0. The molecule has 0 spiro atoms. The molecule has 4 aromatic heterocycles. The Morgan fingerprint density at radius 2 is 1.69 bits per heavy atom. The van der Waals surface area contributed by atoms with Crippen molar-refractivity contribution in [2.75, 3.05) is 36.0 Å². The van der Waals surface area contributed by atoms with Crippen LogP contribution in [-0.2, 0) is 12.1 Å². The van der Waals surface area contributed by atoms with Gasteiger partial charge in [-0.3, -0.25) is 14.5 Å². The van der Waals surface area contributed by atoms with E-state index in [1.54, 1.807) is 0 Å². The van der Waals surface area contributed by atoms with E-state index in [0.29, 0.717) is 18.8 Å². The van der Waals surface area contributed by atoms with Gasteiger partial charge in [0.05, 0.1) is 0 Å². The van der Waals surface area contributed by atoms with E-state index in [1.807, 2.05) is 48.8 Å². The number of nitrogens with zero attached hydrogens (tertiary/aromatic N) is 7. The van der Waals surface area contributed by atoms with Gasteiger partial charge in [-0.25, -0.2) is 9.97 Å². The summed E-state index contributed by atoms with van der Waals surface area (Å²) in [6.07, 6.45) is 8.07. The SMILES string of the molecule is O=[N+]([O-])C1(c2ccccc2)CC(CCn2ccc3ccc(N4CCN(c5cccc6nccn56)CC4)nc32)C1. The molecule has 0 atom stereocenters. The van der Waals surface area contributed by atoms with E-state index in [1.165, 1.54) is 5.82 Å². The van der Waals surface area contributed by atoms with Crippen molar-refractivity contribution in [1.82, 2.24) is 18.9 Å². The fourth-order valence-electron chi connectivity index (χ4n) is 6.42. The largest absolute Gasteiger partial charge is 0.354 e. The summed E-state index contributed by atoms with van der Waals surface area (Å²) in [5, 5.41) is 13.1. The van der Waals surface area contributed by atoms with Gasteiger partial charge in [0.25, 0.3) is 0 Å². The molecular formula is C30H31N7O2. The highest BCUT2D eigenvalue weighted by molar-refractivity contribution is 5.78. The number of aryl methyl sites for hydroxylation is 1. The predicted molar refractivity (Wildman–Crippen MR) is 152 cm³/mol. The minimum Gasteiger partial charge on any atom is -0.354 e. The van der Waals surface area contributed by atoms with Crippen LogP contribution in [0.3, 0.4) is 0 Å². The van der Waals surface area contributed by atoms with E-state index < -0.39 is 5.54 Å². The average molecular weight is 522 g/mol. The number of nitro groups is 1. The molecule has 9 heteroatoms. The van der Waals surface area contributed by atoms with Crippen LogP contribution >= 0.6 is 0 Å². The van der Waals surface area contributed by atoms with Gasteiger partial charge in [-0.15, -0.1) is 0 Å². The Kier molecular flexibility index (Phi) is 5.72. The lowest BCUT2D eigenvalue weighted by atomic mass is 9.64. The van der Waals surface area contributed by atoms with Crippen molar-refractivity contribution in [3.63, 3.8) is 0 Å². The predicted octanol–water partition coefficient (Wildman–Crippen LogP) is 4.98. The van der Waals surface area contributed by atoms with Gasteiger partial charge in [-0.05, 0) is 42.7 Å². The molecule has 0 amide bonds. The van der Waals surface area contributed by atoms with Gasteiger partial charge in [-0.2, -0.15) is 0 Å². The Labute approximate surface area is 226 Å². The van der Waals surface area contributed by atoms with Crippen molar-refractivity contribution in [2.45, 2.75) is 31.3 Å². The maximum Gasteiger partial charge on any atom is 0.247 e. The zero-order valence-electron chi connectivity index (χ0n) is 21.8. The summed E-state index contributed by atoms with van der Waals surface area (Å²) >= 11 is 0. The first-order valence-electron chi connectivity index (χ1n) is 13.7. The Hall–Kier alpha value is -4.40. The quantitative estimate of drug-likeness (QED) is 0.222. The Morgan fingerprint density at radius 1 is 0.897 bits per heavy atom. The molecular weight excluding hydrogens is 490 g/mol. The topological polar surface area (TPSA) is 84.7 Å². The molecule has 1 saturated carbocycles. The van der Waals surface area contributed by atoms with Crippen LogP contribution in [0.5, 0.6) is 0 Å². The Morgan fingerprint density at radius 3 is 2.49 bits per heavy atom. The third-order valence-corrected chi connectivity index (χ3v) is 8.62. The first-order chi connectivity index (χ1) is 19.1. The van der Waals surface area contributed by atoms with Crippen molar-refractivity contribution in [2.24, 2.45) is 5.92 Å². The fourth-order valence-corrected chi connectivity index (χ4v) is 6.42. The van der Waals surface area contributed by atoms with E-state index in [-0.39, 0.29) is 4.92 Å². The van der Waals surface area contributed by atoms with Crippen LogP contribution in [0.2, 0.25) is 0 Å². The van der Waals surface area contributed by atoms with Crippen LogP contribution in [0, 0.1) is 16.0 Å². The van der Waals surface area contributed by atoms with Crippen LogP contribution in [-0.4, -0.2) is 50.0 Å². The van der Waals surface area contributed by atoms with Gasteiger partial charge in [-0.1, -0.05) is 36.4 Å². The fraction of sp³-hybridized carbons (Fsp3) is 0.333. The normalized spacial score (nSPS) is 21.4. The zero-order valence-corrected chi connectivity index (χ0v) is 21.8. The summed E-state index contributed by atoms with van der Waals surface area (Å²) in [6, 6.07) is 22.1. The van der Waals surface area contributed by atoms with Crippen molar-refractivity contribution in [3.8, 4) is 0 Å². The lowest BCUT2D eigenvalue weighted by Crippen LogP contribution is -2.47. The smallest absolute Gasteiger partial charge is 0.247 e. The molecule has 0 unspecified atom stereocenters. The third kappa shape index (κ3) is 4.09. The molecule has 1 saturated heterocycles. The summed E-state index contributed by atoms with van der Waals surface area (Å²) < 4.78 is 4.36. The maximum atomic E-state index is 12.0. The maximum absolute atomic E-state index is 12.0. The van der Waals surface area contributed by atoms with Crippen LogP contribution in [0.15, 0.2) is 85.3 Å². The molecule has 198 valence electrons. The zero-order chi connectivity index (χ0) is 26.4. The van der Waals surface area contributed by atoms with E-state index in [0.717, 1.165) is 67.2 Å². The second-order valence-corrected chi connectivity index (χ2v) is 10.8. The summed E-state index contributed by atoms with van der Waals surface area (Å²) in [5.41, 5.74) is 1.85. The van der Waals surface area contributed by atoms with E-state index in [4.69, 9.17) is 4.98 Å². The van der Waals surface area contributed by atoms with Crippen LogP contribution in [0.1, 0.15) is 24.8 Å². The number of fused-ring (bicyclic) bond motifs is 2. The van der Waals surface area contributed by atoms with Gasteiger partial charge in [0, 0.05) is 80.0 Å². The minimum absolute atomic E-state index is 0.0761. The highest BCUT2D eigenvalue weighted by Gasteiger charge is 2.55. The van der Waals surface area contributed by atoms with Crippen LogP contribution < -0.4 is 9.80 Å². The molecule has 0 radical (unpaired) electrons.